The van der Waals surface area contributed by atoms with Gasteiger partial charge in [-0.05, 0) is 35.9 Å². The summed E-state index contributed by atoms with van der Waals surface area (Å²) in [5, 5.41) is 18.1. The van der Waals surface area contributed by atoms with Gasteiger partial charge >= 0.3 is 5.97 Å². The third kappa shape index (κ3) is 3.24. The maximum absolute atomic E-state index is 11.0. The average molecular weight is 289 g/mol. The van der Waals surface area contributed by atoms with Crippen LogP contribution in [0, 0.1) is 0 Å². The fourth-order valence-corrected chi connectivity index (χ4v) is 1.77. The summed E-state index contributed by atoms with van der Waals surface area (Å²) >= 11 is 0. The van der Waals surface area contributed by atoms with Gasteiger partial charge in [0.25, 0.3) is 0 Å². The first-order chi connectivity index (χ1) is 10.0. The molecule has 0 bridgehead atoms. The monoisotopic (exact) mass is 289 g/mol. The quantitative estimate of drug-likeness (QED) is 0.730. The maximum Gasteiger partial charge on any atom is 0.335 e. The van der Waals surface area contributed by atoms with Crippen molar-refractivity contribution in [3.05, 3.63) is 47.5 Å². The van der Waals surface area contributed by atoms with Crippen molar-refractivity contribution in [3.63, 3.8) is 0 Å². The molecule has 0 atom stereocenters. The molecule has 0 aromatic heterocycles. The van der Waals surface area contributed by atoms with Gasteiger partial charge in [0.2, 0.25) is 0 Å². The van der Waals surface area contributed by atoms with Gasteiger partial charge in [-0.1, -0.05) is 6.07 Å². The molecule has 0 aliphatic heterocycles. The second kappa shape index (κ2) is 6.15. The molecule has 2 aromatic rings. The minimum atomic E-state index is -1.07. The zero-order chi connectivity index (χ0) is 15.4. The molecule has 4 N–H and O–H groups in total. The summed E-state index contributed by atoms with van der Waals surface area (Å²) < 4.78 is 10.8. The van der Waals surface area contributed by atoms with E-state index in [4.69, 9.17) is 25.4 Å². The summed E-state index contributed by atoms with van der Waals surface area (Å²) in [4.78, 5) is 11.0. The number of anilines is 1. The van der Waals surface area contributed by atoms with Crippen molar-refractivity contribution in [1.82, 2.24) is 0 Å². The van der Waals surface area contributed by atoms with Gasteiger partial charge in [0.15, 0.2) is 17.2 Å². The van der Waals surface area contributed by atoms with E-state index in [1.165, 1.54) is 25.3 Å². The van der Waals surface area contributed by atoms with Crippen LogP contribution in [-0.2, 0) is 6.61 Å². The molecule has 110 valence electrons. The van der Waals surface area contributed by atoms with Crippen molar-refractivity contribution in [3.8, 4) is 17.2 Å². The number of carbonyl (C=O) groups is 1. The zero-order valence-corrected chi connectivity index (χ0v) is 11.4. The number of nitrogens with two attached hydrogens (primary N) is 1. The first kappa shape index (κ1) is 14.7. The van der Waals surface area contributed by atoms with E-state index >= 15 is 0 Å². The van der Waals surface area contributed by atoms with Gasteiger partial charge in [-0.2, -0.15) is 0 Å². The summed E-state index contributed by atoms with van der Waals surface area (Å²) in [6.45, 7) is -0.118. The number of nitrogen functional groups attached to an aromatic ring is 1. The molecule has 0 saturated carbocycles. The van der Waals surface area contributed by atoms with Crippen molar-refractivity contribution in [2.45, 2.75) is 6.61 Å². The van der Waals surface area contributed by atoms with Gasteiger partial charge in [0.05, 0.1) is 25.0 Å². The molecule has 0 fully saturated rings. The largest absolute Gasteiger partial charge is 0.493 e. The molecule has 0 amide bonds. The Bertz CT molecular complexity index is 669. The smallest absolute Gasteiger partial charge is 0.335 e. The van der Waals surface area contributed by atoms with Crippen LogP contribution in [0.5, 0.6) is 17.2 Å². The summed E-state index contributed by atoms with van der Waals surface area (Å²) in [7, 11) is 1.47. The second-order valence-electron chi connectivity index (χ2n) is 4.30. The van der Waals surface area contributed by atoms with Gasteiger partial charge in [-0.15, -0.1) is 0 Å². The molecule has 6 nitrogen and oxygen atoms in total. The minimum Gasteiger partial charge on any atom is -0.493 e. The fraction of sp³-hybridized carbons (Fsp3) is 0.133. The van der Waals surface area contributed by atoms with Crippen LogP contribution in [0.2, 0.25) is 0 Å². The van der Waals surface area contributed by atoms with E-state index in [1.807, 2.05) is 0 Å². The number of hydrogen-bond acceptors (Lipinski definition) is 5. The van der Waals surface area contributed by atoms with E-state index in [1.54, 1.807) is 18.2 Å². The first-order valence-corrected chi connectivity index (χ1v) is 6.13. The van der Waals surface area contributed by atoms with Crippen LogP contribution in [-0.4, -0.2) is 23.3 Å². The first-order valence-electron chi connectivity index (χ1n) is 6.13. The van der Waals surface area contributed by atoms with Gasteiger partial charge in [-0.3, -0.25) is 0 Å². The number of hydrogen-bond donors (Lipinski definition) is 3. The number of ether oxygens (including phenoxy) is 2. The van der Waals surface area contributed by atoms with Crippen LogP contribution in [0.4, 0.5) is 5.69 Å². The topological polar surface area (TPSA) is 102 Å². The minimum absolute atomic E-state index is 0.0742. The highest BCUT2D eigenvalue weighted by Crippen LogP contribution is 2.35. The second-order valence-corrected chi connectivity index (χ2v) is 4.30. The van der Waals surface area contributed by atoms with Crippen molar-refractivity contribution in [2.24, 2.45) is 0 Å². The lowest BCUT2D eigenvalue weighted by Crippen LogP contribution is -2.00. The van der Waals surface area contributed by atoms with E-state index in [0.717, 1.165) is 0 Å². The molecular weight excluding hydrogens is 274 g/mol. The van der Waals surface area contributed by atoms with Crippen molar-refractivity contribution >= 4 is 11.7 Å². The molecule has 0 aliphatic carbocycles. The molecule has 21 heavy (non-hydrogen) atoms. The average Bonchev–Trinajstić information content (AvgIpc) is 2.49. The van der Waals surface area contributed by atoms with Crippen molar-refractivity contribution in [1.29, 1.82) is 0 Å². The number of carboxylic acid groups (broad SMARTS) is 1. The summed E-state index contributed by atoms with van der Waals surface area (Å²) in [6, 6.07) is 9.14. The molecule has 0 heterocycles. The van der Waals surface area contributed by atoms with Gasteiger partial charge in [-0.25, -0.2) is 4.79 Å². The highest BCUT2D eigenvalue weighted by atomic mass is 16.5. The van der Waals surface area contributed by atoms with Crippen LogP contribution < -0.4 is 15.2 Å². The molecular formula is C15H15NO5. The van der Waals surface area contributed by atoms with E-state index in [-0.39, 0.29) is 17.9 Å². The third-order valence-corrected chi connectivity index (χ3v) is 2.89. The van der Waals surface area contributed by atoms with E-state index in [2.05, 4.69) is 0 Å². The van der Waals surface area contributed by atoms with Crippen LogP contribution >= 0.6 is 0 Å². The van der Waals surface area contributed by atoms with Gasteiger partial charge in [0.1, 0.15) is 0 Å². The Labute approximate surface area is 121 Å². The van der Waals surface area contributed by atoms with E-state index in [9.17, 15) is 4.79 Å². The Balaban J connectivity index is 2.37. The molecule has 0 radical (unpaired) electrons. The van der Waals surface area contributed by atoms with Crippen molar-refractivity contribution in [2.75, 3.05) is 12.8 Å². The SMILES string of the molecule is COc1cc(CO)ccc1Oc1cc(C(=O)O)ccc1N. The highest BCUT2D eigenvalue weighted by molar-refractivity contribution is 5.89. The number of aliphatic hydroxyl groups excluding tert-OH is 1. The molecule has 2 aromatic carbocycles. The normalized spacial score (nSPS) is 10.2. The lowest BCUT2D eigenvalue weighted by atomic mass is 10.2. The van der Waals surface area contributed by atoms with Crippen LogP contribution in [0.25, 0.3) is 0 Å². The zero-order valence-electron chi connectivity index (χ0n) is 11.4. The number of aromatic carboxylic acids is 1. The lowest BCUT2D eigenvalue weighted by molar-refractivity contribution is 0.0696. The van der Waals surface area contributed by atoms with Crippen LogP contribution in [0.15, 0.2) is 36.4 Å². The Morgan fingerprint density at radius 2 is 1.90 bits per heavy atom. The molecule has 0 aliphatic rings. The number of aliphatic hydroxyl groups is 1. The van der Waals surface area contributed by atoms with Crippen LogP contribution in [0.3, 0.4) is 0 Å². The molecule has 6 heteroatoms. The van der Waals surface area contributed by atoms with E-state index in [0.29, 0.717) is 22.7 Å². The third-order valence-electron chi connectivity index (χ3n) is 2.89. The number of methoxy groups -OCH3 is 1. The lowest BCUT2D eigenvalue weighted by Gasteiger charge is -2.13. The number of benzene rings is 2. The molecule has 0 spiro atoms. The molecule has 0 saturated heterocycles. The Hall–Kier alpha value is -2.73. The maximum atomic E-state index is 11.0. The number of carboxylic acids is 1. The van der Waals surface area contributed by atoms with Crippen LogP contribution in [0.1, 0.15) is 15.9 Å². The van der Waals surface area contributed by atoms with Gasteiger partial charge < -0.3 is 25.4 Å². The Kier molecular flexibility index (Phi) is 4.30. The predicted octanol–water partition coefficient (Wildman–Crippen LogP) is 2.26. The molecule has 0 unspecified atom stereocenters. The predicted molar refractivity (Wildman–Crippen MR) is 76.8 cm³/mol. The summed E-state index contributed by atoms with van der Waals surface area (Å²) in [6.07, 6.45) is 0. The standard InChI is InChI=1S/C15H15NO5/c1-20-14-6-9(8-17)2-5-12(14)21-13-7-10(15(18)19)3-4-11(13)16/h2-7,17H,8,16H2,1H3,(H,18,19). The summed E-state index contributed by atoms with van der Waals surface area (Å²) in [5.74, 6) is -0.0435. The van der Waals surface area contributed by atoms with E-state index < -0.39 is 5.97 Å². The number of rotatable bonds is 5. The van der Waals surface area contributed by atoms with Crippen molar-refractivity contribution < 1.29 is 24.5 Å². The van der Waals surface area contributed by atoms with Gasteiger partial charge in [0, 0.05) is 0 Å². The summed E-state index contributed by atoms with van der Waals surface area (Å²) in [5.41, 5.74) is 6.85. The highest BCUT2D eigenvalue weighted by Gasteiger charge is 2.12. The Morgan fingerprint density at radius 1 is 1.14 bits per heavy atom. The molecule has 2 rings (SSSR count). The Morgan fingerprint density at radius 3 is 2.52 bits per heavy atom. The fourth-order valence-electron chi connectivity index (χ4n) is 1.77.